The number of rotatable bonds is 4. The maximum atomic E-state index is 11.8. The molecule has 0 N–H and O–H groups in total. The number of benzene rings is 1. The van der Waals surface area contributed by atoms with Gasteiger partial charge in [-0.3, -0.25) is 0 Å². The minimum absolute atomic E-state index is 0.232. The average molecular weight is 329 g/mol. The van der Waals surface area contributed by atoms with Crippen molar-refractivity contribution in [3.63, 3.8) is 0 Å². The van der Waals surface area contributed by atoms with Crippen molar-refractivity contribution in [2.45, 2.75) is 18.2 Å². The predicted molar refractivity (Wildman–Crippen MR) is 74.1 cm³/mol. The Balaban J connectivity index is 2.84. The van der Waals surface area contributed by atoms with E-state index in [0.717, 1.165) is 0 Å². The molecule has 98 valence electrons. The Labute approximate surface area is 121 Å². The summed E-state index contributed by atoms with van der Waals surface area (Å²) in [5.74, 6) is -1.31. The van der Waals surface area contributed by atoms with Gasteiger partial charge in [-0.15, -0.1) is 0 Å². The van der Waals surface area contributed by atoms with Crippen molar-refractivity contribution < 1.29 is 13.9 Å². The lowest BCUT2D eigenvalue weighted by Crippen LogP contribution is -2.32. The summed E-state index contributed by atoms with van der Waals surface area (Å²) in [5.41, 5.74) is 0. The number of hydrogen-bond acceptors (Lipinski definition) is 3. The number of hydrogen-bond donors (Lipinski definition) is 0. The van der Waals surface area contributed by atoms with Crippen LogP contribution in [-0.4, -0.2) is 10.3 Å². The Morgan fingerprint density at radius 3 is 2.39 bits per heavy atom. The molecule has 18 heavy (non-hydrogen) atoms. The average Bonchev–Trinajstić information content (AvgIpc) is 2.28. The second-order valence-corrected chi connectivity index (χ2v) is 6.84. The predicted octanol–water partition coefficient (Wildman–Crippen LogP) is 4.08. The van der Waals surface area contributed by atoms with Crippen molar-refractivity contribution in [1.82, 2.24) is 0 Å². The SMILES string of the molecule is CC(C)C(Cl)(Cl)C(=O)O[P+](=O)c1ccccc1Cl. The van der Waals surface area contributed by atoms with Crippen molar-refractivity contribution in [3.8, 4) is 0 Å². The summed E-state index contributed by atoms with van der Waals surface area (Å²) in [6.45, 7) is 3.31. The van der Waals surface area contributed by atoms with Crippen LogP contribution in [0.5, 0.6) is 0 Å². The summed E-state index contributed by atoms with van der Waals surface area (Å²) in [7, 11) is -2.43. The molecule has 1 atom stereocenters. The molecule has 0 aliphatic carbocycles. The summed E-state index contributed by atoms with van der Waals surface area (Å²) >= 11 is 17.5. The van der Waals surface area contributed by atoms with Gasteiger partial charge in [0.05, 0.1) is 5.02 Å². The van der Waals surface area contributed by atoms with Crippen LogP contribution >= 0.6 is 42.8 Å². The molecule has 0 bridgehead atoms. The molecule has 1 aromatic carbocycles. The lowest BCUT2D eigenvalue weighted by Gasteiger charge is -2.17. The number of alkyl halides is 2. The molecule has 1 rings (SSSR count). The molecule has 0 saturated heterocycles. The molecule has 0 aliphatic rings. The van der Waals surface area contributed by atoms with Gasteiger partial charge in [-0.1, -0.05) is 60.8 Å². The summed E-state index contributed by atoms with van der Waals surface area (Å²) in [4.78, 5) is 11.7. The summed E-state index contributed by atoms with van der Waals surface area (Å²) in [6.07, 6.45) is 0. The van der Waals surface area contributed by atoms with Crippen LogP contribution in [0.3, 0.4) is 0 Å². The van der Waals surface area contributed by atoms with Crippen LogP contribution in [0.1, 0.15) is 13.8 Å². The number of halogens is 3. The molecule has 0 aromatic heterocycles. The first-order valence-corrected chi connectivity index (χ1v) is 7.40. The van der Waals surface area contributed by atoms with Crippen LogP contribution in [0, 0.1) is 5.92 Å². The quantitative estimate of drug-likeness (QED) is 0.618. The normalized spacial score (nSPS) is 12.4. The van der Waals surface area contributed by atoms with Gasteiger partial charge in [0.25, 0.3) is 5.30 Å². The van der Waals surface area contributed by atoms with Gasteiger partial charge >= 0.3 is 14.0 Å². The van der Waals surface area contributed by atoms with Gasteiger partial charge in [-0.25, -0.2) is 9.32 Å². The number of carbonyl (C=O) groups is 1. The van der Waals surface area contributed by atoms with Gasteiger partial charge in [0.2, 0.25) is 4.33 Å². The lowest BCUT2D eigenvalue weighted by molar-refractivity contribution is -0.135. The van der Waals surface area contributed by atoms with E-state index in [1.807, 2.05) is 0 Å². The molecule has 1 aromatic rings. The fraction of sp³-hybridized carbons (Fsp3) is 0.364. The van der Waals surface area contributed by atoms with Crippen LogP contribution < -0.4 is 5.30 Å². The monoisotopic (exact) mass is 327 g/mol. The van der Waals surface area contributed by atoms with E-state index in [2.05, 4.69) is 0 Å². The van der Waals surface area contributed by atoms with Gasteiger partial charge < -0.3 is 0 Å². The molecule has 0 aliphatic heterocycles. The van der Waals surface area contributed by atoms with Crippen LogP contribution in [0.15, 0.2) is 24.3 Å². The third-order valence-electron chi connectivity index (χ3n) is 2.21. The molecule has 1 unspecified atom stereocenters. The van der Waals surface area contributed by atoms with Crippen molar-refractivity contribution in [3.05, 3.63) is 29.3 Å². The van der Waals surface area contributed by atoms with Crippen LogP contribution in [0.2, 0.25) is 5.02 Å². The first-order valence-electron chi connectivity index (χ1n) is 5.08. The first-order chi connectivity index (χ1) is 8.26. The summed E-state index contributed by atoms with van der Waals surface area (Å²) in [6, 6.07) is 6.38. The lowest BCUT2D eigenvalue weighted by atomic mass is 10.1. The molecule has 0 spiro atoms. The topological polar surface area (TPSA) is 43.4 Å². The van der Waals surface area contributed by atoms with E-state index in [1.165, 1.54) is 6.07 Å². The van der Waals surface area contributed by atoms with E-state index in [1.54, 1.807) is 32.0 Å². The van der Waals surface area contributed by atoms with E-state index >= 15 is 0 Å². The zero-order chi connectivity index (χ0) is 13.9. The van der Waals surface area contributed by atoms with Gasteiger partial charge in [-0.05, 0) is 22.6 Å². The molecule has 0 radical (unpaired) electrons. The molecule has 0 amide bonds. The van der Waals surface area contributed by atoms with Crippen molar-refractivity contribution in [1.29, 1.82) is 0 Å². The molecule has 7 heteroatoms. The minimum Gasteiger partial charge on any atom is -0.243 e. The van der Waals surface area contributed by atoms with Gasteiger partial charge in [0, 0.05) is 0 Å². The highest BCUT2D eigenvalue weighted by molar-refractivity contribution is 7.49. The second-order valence-electron chi connectivity index (χ2n) is 3.86. The van der Waals surface area contributed by atoms with Gasteiger partial charge in [-0.2, -0.15) is 0 Å². The highest BCUT2D eigenvalue weighted by Gasteiger charge is 2.45. The molecular formula is C11H11Cl3O3P+. The summed E-state index contributed by atoms with van der Waals surface area (Å²) < 4.78 is 14.9. The smallest absolute Gasteiger partial charge is 0.243 e. The zero-order valence-electron chi connectivity index (χ0n) is 9.69. The van der Waals surface area contributed by atoms with Gasteiger partial charge in [0.1, 0.15) is 0 Å². The molecule has 3 nitrogen and oxygen atoms in total. The van der Waals surface area contributed by atoms with E-state index in [-0.39, 0.29) is 16.2 Å². The third kappa shape index (κ3) is 3.58. The van der Waals surface area contributed by atoms with E-state index in [0.29, 0.717) is 0 Å². The summed E-state index contributed by atoms with van der Waals surface area (Å²) in [5, 5.41) is 0.487. The maximum absolute atomic E-state index is 11.8. The molecular weight excluding hydrogens is 317 g/mol. The van der Waals surface area contributed by atoms with E-state index in [4.69, 9.17) is 39.3 Å². The van der Waals surface area contributed by atoms with Gasteiger partial charge in [0.15, 0.2) is 0 Å². The van der Waals surface area contributed by atoms with Crippen molar-refractivity contribution in [2.75, 3.05) is 0 Å². The Kier molecular flexibility index (Phi) is 5.42. The fourth-order valence-electron chi connectivity index (χ4n) is 1.02. The number of carbonyl (C=O) groups excluding carboxylic acids is 1. The minimum atomic E-state index is -2.43. The largest absolute Gasteiger partial charge is 0.601 e. The Hall–Kier alpha value is -0.340. The van der Waals surface area contributed by atoms with Crippen LogP contribution in [0.4, 0.5) is 0 Å². The van der Waals surface area contributed by atoms with Crippen molar-refractivity contribution >= 4 is 54.1 Å². The highest BCUT2D eigenvalue weighted by atomic mass is 35.5. The van der Waals surface area contributed by atoms with E-state index in [9.17, 15) is 9.36 Å². The van der Waals surface area contributed by atoms with Crippen LogP contribution in [-0.2, 0) is 13.9 Å². The molecule has 0 saturated carbocycles. The first kappa shape index (κ1) is 15.7. The standard InChI is InChI=1S/C11H11Cl3O3P/c1-7(2)11(13,14)10(15)17-18(16)9-6-4-3-5-8(9)12/h3-7H,1-2H3/q+1. The highest BCUT2D eigenvalue weighted by Crippen LogP contribution is 2.36. The molecule has 0 fully saturated rings. The molecule has 0 heterocycles. The third-order valence-corrected chi connectivity index (χ3v) is 4.97. The Bertz CT molecular complexity index is 474. The Morgan fingerprint density at radius 2 is 1.89 bits per heavy atom. The van der Waals surface area contributed by atoms with E-state index < -0.39 is 18.3 Å². The Morgan fingerprint density at radius 1 is 1.33 bits per heavy atom. The zero-order valence-corrected chi connectivity index (χ0v) is 12.9. The second kappa shape index (κ2) is 6.21. The fourth-order valence-corrected chi connectivity index (χ4v) is 2.40. The van der Waals surface area contributed by atoms with Crippen LogP contribution in [0.25, 0.3) is 0 Å². The van der Waals surface area contributed by atoms with Crippen molar-refractivity contribution in [2.24, 2.45) is 5.92 Å². The maximum Gasteiger partial charge on any atom is 0.601 e.